The smallest absolute Gasteiger partial charge is 0.190 e. The summed E-state index contributed by atoms with van der Waals surface area (Å²) in [7, 11) is 1.64. The molecule has 0 radical (unpaired) electrons. The highest BCUT2D eigenvalue weighted by molar-refractivity contribution is 5.98. The van der Waals surface area contributed by atoms with Gasteiger partial charge in [-0.3, -0.25) is 4.99 Å². The van der Waals surface area contributed by atoms with E-state index >= 15 is 0 Å². The fourth-order valence-electron chi connectivity index (χ4n) is 0.904. The summed E-state index contributed by atoms with van der Waals surface area (Å²) in [5.41, 5.74) is 5.45. The fourth-order valence-corrected chi connectivity index (χ4v) is 0.904. The van der Waals surface area contributed by atoms with E-state index < -0.39 is 0 Å². The summed E-state index contributed by atoms with van der Waals surface area (Å²) in [6.45, 7) is 9.00. The minimum atomic E-state index is 0.365. The van der Waals surface area contributed by atoms with E-state index in [0.717, 1.165) is 0 Å². The van der Waals surface area contributed by atoms with Gasteiger partial charge in [-0.05, 0) is 13.6 Å². The van der Waals surface area contributed by atoms with E-state index in [4.69, 9.17) is 5.73 Å². The van der Waals surface area contributed by atoms with Crippen molar-refractivity contribution in [3.8, 4) is 0 Å². The van der Waals surface area contributed by atoms with E-state index in [1.54, 1.807) is 30.1 Å². The van der Waals surface area contributed by atoms with Gasteiger partial charge in [0.15, 0.2) is 11.7 Å². The number of hydrogen-bond donors (Lipinski definition) is 1. The van der Waals surface area contributed by atoms with Gasteiger partial charge in [-0.1, -0.05) is 6.08 Å². The Morgan fingerprint density at radius 3 is 2.73 bits per heavy atom. The van der Waals surface area contributed by atoms with Gasteiger partial charge in [0.25, 0.3) is 0 Å². The predicted molar refractivity (Wildman–Crippen MR) is 64.3 cm³/mol. The van der Waals surface area contributed by atoms with Gasteiger partial charge in [0, 0.05) is 19.4 Å². The molecule has 0 unspecified atom stereocenters. The van der Waals surface area contributed by atoms with Crippen LogP contribution in [0.5, 0.6) is 0 Å². The first kappa shape index (κ1) is 13.2. The lowest BCUT2D eigenvalue weighted by Crippen LogP contribution is -2.13. The zero-order valence-electron chi connectivity index (χ0n) is 9.22. The molecule has 0 aromatic carbocycles. The Balaban J connectivity index is 0.000000583. The molecule has 0 aliphatic heterocycles. The lowest BCUT2D eigenvalue weighted by Gasteiger charge is -2.01. The average molecular weight is 207 g/mol. The summed E-state index contributed by atoms with van der Waals surface area (Å²) in [4.78, 5) is 11.7. The van der Waals surface area contributed by atoms with Crippen LogP contribution in [-0.4, -0.2) is 29.2 Å². The number of nitrogens with zero attached hydrogens (tertiary/aromatic N) is 4. The van der Waals surface area contributed by atoms with Gasteiger partial charge < -0.3 is 10.3 Å². The summed E-state index contributed by atoms with van der Waals surface area (Å²) in [5.74, 6) is 1.15. The number of amidine groups is 1. The monoisotopic (exact) mass is 207 g/mol. The predicted octanol–water partition coefficient (Wildman–Crippen LogP) is 1.07. The Hall–Kier alpha value is -1.75. The first-order valence-electron chi connectivity index (χ1n) is 4.47. The summed E-state index contributed by atoms with van der Waals surface area (Å²) in [6.07, 6.45) is 5.17. The zero-order chi connectivity index (χ0) is 11.7. The first-order chi connectivity index (χ1) is 7.24. The van der Waals surface area contributed by atoms with E-state index in [0.29, 0.717) is 18.3 Å². The van der Waals surface area contributed by atoms with Crippen LogP contribution >= 0.6 is 0 Å². The van der Waals surface area contributed by atoms with Crippen molar-refractivity contribution < 1.29 is 0 Å². The van der Waals surface area contributed by atoms with E-state index in [-0.39, 0.29) is 0 Å². The third kappa shape index (κ3) is 3.86. The van der Waals surface area contributed by atoms with Crippen LogP contribution < -0.4 is 5.73 Å². The Bertz CT molecular complexity index is 337. The van der Waals surface area contributed by atoms with Crippen LogP contribution in [0.1, 0.15) is 12.7 Å². The van der Waals surface area contributed by atoms with Gasteiger partial charge in [0.05, 0.1) is 6.67 Å². The molecular weight excluding hydrogens is 190 g/mol. The minimum Gasteiger partial charge on any atom is -0.315 e. The lowest BCUT2D eigenvalue weighted by atomic mass is 10.5. The molecule has 82 valence electrons. The van der Waals surface area contributed by atoms with Gasteiger partial charge in [-0.15, -0.1) is 6.58 Å². The molecule has 15 heavy (non-hydrogen) atoms. The molecule has 5 heteroatoms. The van der Waals surface area contributed by atoms with Crippen LogP contribution in [0, 0.1) is 0 Å². The maximum Gasteiger partial charge on any atom is 0.190 e. The molecule has 1 aromatic rings. The van der Waals surface area contributed by atoms with Crippen LogP contribution in [0.2, 0.25) is 0 Å². The third-order valence-corrected chi connectivity index (χ3v) is 1.47. The summed E-state index contributed by atoms with van der Waals surface area (Å²) in [6, 6.07) is 0. The van der Waals surface area contributed by atoms with Crippen molar-refractivity contribution in [1.29, 1.82) is 0 Å². The molecule has 1 rings (SSSR count). The van der Waals surface area contributed by atoms with Crippen LogP contribution in [-0.2, 0) is 6.67 Å². The average Bonchev–Trinajstić information content (AvgIpc) is 2.69. The van der Waals surface area contributed by atoms with Crippen molar-refractivity contribution in [2.24, 2.45) is 15.7 Å². The van der Waals surface area contributed by atoms with Crippen LogP contribution in [0.4, 0.5) is 0 Å². The quantitative estimate of drug-likeness (QED) is 0.447. The molecule has 0 saturated heterocycles. The first-order valence-corrected chi connectivity index (χ1v) is 4.47. The lowest BCUT2D eigenvalue weighted by molar-refractivity contribution is 0.723. The molecule has 0 amide bonds. The van der Waals surface area contributed by atoms with Crippen molar-refractivity contribution in [1.82, 2.24) is 9.55 Å². The molecule has 5 nitrogen and oxygen atoms in total. The molecule has 1 heterocycles. The number of nitrogens with two attached hydrogens (primary N) is 1. The Morgan fingerprint density at radius 2 is 2.33 bits per heavy atom. The summed E-state index contributed by atoms with van der Waals surface area (Å²) < 4.78 is 1.75. The topological polar surface area (TPSA) is 68.6 Å². The second kappa shape index (κ2) is 7.64. The second-order valence-electron chi connectivity index (χ2n) is 2.52. The van der Waals surface area contributed by atoms with E-state index in [1.165, 1.54) is 0 Å². The van der Waals surface area contributed by atoms with Crippen molar-refractivity contribution >= 4 is 12.6 Å². The largest absolute Gasteiger partial charge is 0.315 e. The number of hydrogen-bond acceptors (Lipinski definition) is 3. The van der Waals surface area contributed by atoms with E-state index in [1.807, 2.05) is 6.92 Å². The Labute approximate surface area is 90.1 Å². The molecule has 0 saturated carbocycles. The maximum atomic E-state index is 5.45. The zero-order valence-corrected chi connectivity index (χ0v) is 9.22. The molecule has 0 spiro atoms. The molecule has 0 fully saturated rings. The van der Waals surface area contributed by atoms with Gasteiger partial charge in [-0.2, -0.15) is 0 Å². The molecule has 0 atom stereocenters. The minimum absolute atomic E-state index is 0.365. The van der Waals surface area contributed by atoms with E-state index in [2.05, 4.69) is 28.3 Å². The molecule has 0 aliphatic rings. The Kier molecular flexibility index (Phi) is 6.74. The highest BCUT2D eigenvalue weighted by Gasteiger charge is 2.05. The van der Waals surface area contributed by atoms with Crippen molar-refractivity contribution in [3.05, 3.63) is 30.9 Å². The van der Waals surface area contributed by atoms with Gasteiger partial charge in [0.1, 0.15) is 0 Å². The van der Waals surface area contributed by atoms with E-state index in [9.17, 15) is 0 Å². The van der Waals surface area contributed by atoms with Gasteiger partial charge >= 0.3 is 0 Å². The standard InChI is InChI=1S/C7H11N5.C3H6/c1-9-6(10-2)7-11-3-4-12(7)5-8;1-3-2/h3-4H,1,5,8H2,2H3;3H,1H2,2H3. The van der Waals surface area contributed by atoms with Crippen molar-refractivity contribution in [2.45, 2.75) is 13.6 Å². The van der Waals surface area contributed by atoms with Crippen LogP contribution in [0.15, 0.2) is 35.0 Å². The maximum absolute atomic E-state index is 5.45. The molecule has 1 aromatic heterocycles. The SMILES string of the molecule is C=CC.C=NC(=NC)c1nccn1CN. The fraction of sp³-hybridized carbons (Fsp3) is 0.300. The highest BCUT2D eigenvalue weighted by atomic mass is 15.1. The van der Waals surface area contributed by atoms with Gasteiger partial charge in [-0.25, -0.2) is 9.98 Å². The molecule has 2 N–H and O–H groups in total. The van der Waals surface area contributed by atoms with Crippen LogP contribution in [0.25, 0.3) is 0 Å². The summed E-state index contributed by atoms with van der Waals surface area (Å²) >= 11 is 0. The molecule has 0 bridgehead atoms. The number of aromatic nitrogens is 2. The highest BCUT2D eigenvalue weighted by Crippen LogP contribution is 1.98. The number of rotatable bonds is 2. The number of imidazole rings is 1. The van der Waals surface area contributed by atoms with Gasteiger partial charge in [0.2, 0.25) is 0 Å². The van der Waals surface area contributed by atoms with Crippen LogP contribution in [0.3, 0.4) is 0 Å². The Morgan fingerprint density at radius 1 is 1.73 bits per heavy atom. The normalized spacial score (nSPS) is 10.2. The second-order valence-corrected chi connectivity index (χ2v) is 2.52. The van der Waals surface area contributed by atoms with Crippen molar-refractivity contribution in [2.75, 3.05) is 7.05 Å². The molecule has 0 aliphatic carbocycles. The molecular formula is C10H17N5. The summed E-state index contributed by atoms with van der Waals surface area (Å²) in [5, 5.41) is 0. The number of aliphatic imine (C=N–C) groups is 2. The van der Waals surface area contributed by atoms with Crippen molar-refractivity contribution in [3.63, 3.8) is 0 Å². The third-order valence-electron chi connectivity index (χ3n) is 1.47. The number of allylic oxidation sites excluding steroid dienone is 1.